The zero-order valence-electron chi connectivity index (χ0n) is 16.4. The summed E-state index contributed by atoms with van der Waals surface area (Å²) in [6.07, 6.45) is -4.86. The SMILES string of the molecule is Cc1cccc(-c2nc3c(c(=O)[nH]c(=O)n3C)n2Cc2ccc(F)c(C(F)(F)F)c2)c1. The van der Waals surface area contributed by atoms with Crippen LogP contribution in [0.1, 0.15) is 16.7 Å². The maximum absolute atomic E-state index is 13.7. The number of aromatic amines is 1. The van der Waals surface area contributed by atoms with Crippen LogP contribution in [0.15, 0.2) is 52.1 Å². The molecule has 0 aliphatic rings. The van der Waals surface area contributed by atoms with E-state index in [4.69, 9.17) is 0 Å². The summed E-state index contributed by atoms with van der Waals surface area (Å²) in [4.78, 5) is 31.2. The second kappa shape index (κ2) is 7.22. The van der Waals surface area contributed by atoms with Gasteiger partial charge in [0.05, 0.1) is 5.56 Å². The van der Waals surface area contributed by atoms with Gasteiger partial charge in [0.25, 0.3) is 5.56 Å². The van der Waals surface area contributed by atoms with Gasteiger partial charge in [-0.2, -0.15) is 13.2 Å². The molecule has 0 bridgehead atoms. The lowest BCUT2D eigenvalue weighted by Gasteiger charge is -2.13. The van der Waals surface area contributed by atoms with E-state index in [1.807, 2.05) is 13.0 Å². The van der Waals surface area contributed by atoms with Gasteiger partial charge in [0.1, 0.15) is 11.6 Å². The lowest BCUT2D eigenvalue weighted by Crippen LogP contribution is -2.29. The predicted molar refractivity (Wildman–Crippen MR) is 106 cm³/mol. The summed E-state index contributed by atoms with van der Waals surface area (Å²) in [6.45, 7) is 1.67. The molecule has 0 saturated carbocycles. The van der Waals surface area contributed by atoms with Crippen LogP contribution in [0.25, 0.3) is 22.6 Å². The summed E-state index contributed by atoms with van der Waals surface area (Å²) in [7, 11) is 1.43. The zero-order valence-corrected chi connectivity index (χ0v) is 16.4. The van der Waals surface area contributed by atoms with E-state index < -0.39 is 28.8 Å². The number of hydrogen-bond acceptors (Lipinski definition) is 3. The van der Waals surface area contributed by atoms with Gasteiger partial charge < -0.3 is 4.57 Å². The van der Waals surface area contributed by atoms with Gasteiger partial charge in [-0.1, -0.05) is 29.8 Å². The molecule has 2 aromatic heterocycles. The number of nitrogens with one attached hydrogen (secondary N) is 1. The van der Waals surface area contributed by atoms with Crippen molar-refractivity contribution >= 4 is 11.2 Å². The van der Waals surface area contributed by atoms with Crippen molar-refractivity contribution in [1.82, 2.24) is 19.1 Å². The van der Waals surface area contributed by atoms with Crippen LogP contribution < -0.4 is 11.2 Å². The van der Waals surface area contributed by atoms with Crippen molar-refractivity contribution in [3.8, 4) is 11.4 Å². The molecule has 1 N–H and O–H groups in total. The molecular formula is C21H16F4N4O2. The quantitative estimate of drug-likeness (QED) is 0.503. The Labute approximate surface area is 172 Å². The second-order valence-corrected chi connectivity index (χ2v) is 7.19. The molecule has 4 rings (SSSR count). The molecule has 0 aliphatic carbocycles. The molecule has 10 heteroatoms. The third-order valence-corrected chi connectivity index (χ3v) is 4.96. The van der Waals surface area contributed by atoms with E-state index in [9.17, 15) is 27.2 Å². The van der Waals surface area contributed by atoms with Gasteiger partial charge in [-0.05, 0) is 30.7 Å². The molecule has 0 fully saturated rings. The van der Waals surface area contributed by atoms with Crippen LogP contribution in [-0.2, 0) is 19.8 Å². The Bertz CT molecular complexity index is 1430. The summed E-state index contributed by atoms with van der Waals surface area (Å²) in [5, 5.41) is 0. The molecule has 2 heterocycles. The molecule has 31 heavy (non-hydrogen) atoms. The van der Waals surface area contributed by atoms with Crippen molar-refractivity contribution < 1.29 is 17.6 Å². The van der Waals surface area contributed by atoms with Gasteiger partial charge in [-0.3, -0.25) is 14.3 Å². The Balaban J connectivity index is 1.99. The first-order chi connectivity index (χ1) is 14.6. The minimum atomic E-state index is -4.86. The Morgan fingerprint density at radius 3 is 2.52 bits per heavy atom. The molecule has 0 unspecified atom stereocenters. The number of H-pyrrole nitrogens is 1. The summed E-state index contributed by atoms with van der Waals surface area (Å²) < 4.78 is 55.8. The second-order valence-electron chi connectivity index (χ2n) is 7.19. The van der Waals surface area contributed by atoms with Crippen LogP contribution >= 0.6 is 0 Å². The van der Waals surface area contributed by atoms with Gasteiger partial charge in [-0.25, -0.2) is 14.2 Å². The molecule has 0 radical (unpaired) electrons. The van der Waals surface area contributed by atoms with Crippen molar-refractivity contribution in [3.63, 3.8) is 0 Å². The van der Waals surface area contributed by atoms with Gasteiger partial charge in [0.15, 0.2) is 11.2 Å². The van der Waals surface area contributed by atoms with Crippen molar-refractivity contribution in [2.45, 2.75) is 19.6 Å². The van der Waals surface area contributed by atoms with E-state index in [1.54, 1.807) is 18.2 Å². The van der Waals surface area contributed by atoms with Crippen molar-refractivity contribution in [2.75, 3.05) is 0 Å². The molecular weight excluding hydrogens is 416 g/mol. The minimum Gasteiger partial charge on any atom is -0.314 e. The van der Waals surface area contributed by atoms with E-state index in [0.717, 1.165) is 16.2 Å². The number of aryl methyl sites for hydroxylation is 2. The van der Waals surface area contributed by atoms with Gasteiger partial charge in [0.2, 0.25) is 0 Å². The number of benzene rings is 2. The van der Waals surface area contributed by atoms with Gasteiger partial charge in [-0.15, -0.1) is 0 Å². The molecule has 0 spiro atoms. The summed E-state index contributed by atoms with van der Waals surface area (Å²) in [5.74, 6) is -1.09. The molecule has 0 aliphatic heterocycles. The lowest BCUT2D eigenvalue weighted by molar-refractivity contribution is -0.140. The van der Waals surface area contributed by atoms with Crippen LogP contribution in [0, 0.1) is 12.7 Å². The molecule has 160 valence electrons. The summed E-state index contributed by atoms with van der Waals surface area (Å²) in [6, 6.07) is 9.83. The van der Waals surface area contributed by atoms with Crippen LogP contribution in [0.4, 0.5) is 17.6 Å². The average Bonchev–Trinajstić information content (AvgIpc) is 3.07. The third kappa shape index (κ3) is 3.65. The fraction of sp³-hybridized carbons (Fsp3) is 0.190. The number of halogens is 4. The number of alkyl halides is 3. The number of rotatable bonds is 3. The average molecular weight is 432 g/mol. The van der Waals surface area contributed by atoms with Crippen LogP contribution in [0.3, 0.4) is 0 Å². The van der Waals surface area contributed by atoms with E-state index >= 15 is 0 Å². The molecule has 2 aromatic carbocycles. The maximum Gasteiger partial charge on any atom is 0.419 e. The number of fused-ring (bicyclic) bond motifs is 1. The molecule has 0 atom stereocenters. The lowest BCUT2D eigenvalue weighted by atomic mass is 10.1. The minimum absolute atomic E-state index is 0.0245. The van der Waals surface area contributed by atoms with Crippen molar-refractivity contribution in [3.05, 3.63) is 85.8 Å². The largest absolute Gasteiger partial charge is 0.419 e. The summed E-state index contributed by atoms with van der Waals surface area (Å²) >= 11 is 0. The van der Waals surface area contributed by atoms with Crippen LogP contribution in [-0.4, -0.2) is 19.1 Å². The highest BCUT2D eigenvalue weighted by Gasteiger charge is 2.34. The number of nitrogens with zero attached hydrogens (tertiary/aromatic N) is 3. The number of imidazole rings is 1. The first-order valence-electron chi connectivity index (χ1n) is 9.18. The Morgan fingerprint density at radius 2 is 1.84 bits per heavy atom. The van der Waals surface area contributed by atoms with E-state index in [0.29, 0.717) is 17.5 Å². The highest BCUT2D eigenvalue weighted by atomic mass is 19.4. The zero-order chi connectivity index (χ0) is 22.5. The topological polar surface area (TPSA) is 72.7 Å². The van der Waals surface area contributed by atoms with E-state index in [2.05, 4.69) is 9.97 Å². The first-order valence-corrected chi connectivity index (χ1v) is 9.18. The normalized spacial score (nSPS) is 11.9. The van der Waals surface area contributed by atoms with Crippen molar-refractivity contribution in [2.24, 2.45) is 7.05 Å². The monoisotopic (exact) mass is 432 g/mol. The molecule has 4 aromatic rings. The van der Waals surface area contributed by atoms with Gasteiger partial charge >= 0.3 is 11.9 Å². The molecule has 0 amide bonds. The van der Waals surface area contributed by atoms with E-state index in [1.165, 1.54) is 17.7 Å². The Kier molecular flexibility index (Phi) is 4.79. The van der Waals surface area contributed by atoms with Crippen LogP contribution in [0.2, 0.25) is 0 Å². The fourth-order valence-corrected chi connectivity index (χ4v) is 3.46. The molecule has 6 nitrogen and oxygen atoms in total. The highest BCUT2D eigenvalue weighted by molar-refractivity contribution is 5.77. The smallest absolute Gasteiger partial charge is 0.314 e. The highest BCUT2D eigenvalue weighted by Crippen LogP contribution is 2.32. The maximum atomic E-state index is 13.7. The van der Waals surface area contributed by atoms with E-state index in [-0.39, 0.29) is 23.3 Å². The van der Waals surface area contributed by atoms with Crippen LogP contribution in [0.5, 0.6) is 0 Å². The first kappa shape index (κ1) is 20.6. The number of hydrogen-bond donors (Lipinski definition) is 1. The summed E-state index contributed by atoms with van der Waals surface area (Å²) in [5.41, 5.74) is -1.04. The molecule has 0 saturated heterocycles. The fourth-order valence-electron chi connectivity index (χ4n) is 3.46. The number of aromatic nitrogens is 4. The van der Waals surface area contributed by atoms with Crippen molar-refractivity contribution in [1.29, 1.82) is 0 Å². The Morgan fingerprint density at radius 1 is 1.10 bits per heavy atom. The van der Waals surface area contributed by atoms with Gasteiger partial charge in [0, 0.05) is 19.2 Å². The third-order valence-electron chi connectivity index (χ3n) is 4.96. The Hall–Kier alpha value is -3.69. The predicted octanol–water partition coefficient (Wildman–Crippen LogP) is 3.60. The standard InChI is InChI=1S/C21H16F4N4O2/c1-11-4-3-5-13(8-11)17-26-18-16(19(30)27-20(31)28(18)2)29(17)10-12-6-7-15(22)14(9-12)21(23,24)25/h3-9H,10H2,1-2H3,(H,27,30,31).